The molecule has 9 heteroatoms. The van der Waals surface area contributed by atoms with Crippen LogP contribution in [0.15, 0.2) is 35.3 Å². The van der Waals surface area contributed by atoms with Crippen molar-refractivity contribution in [1.82, 2.24) is 14.1 Å². The van der Waals surface area contributed by atoms with Crippen molar-refractivity contribution in [3.63, 3.8) is 0 Å². The number of halogens is 3. The molecule has 0 atom stereocenters. The van der Waals surface area contributed by atoms with Gasteiger partial charge in [0.25, 0.3) is 5.56 Å². The van der Waals surface area contributed by atoms with Crippen molar-refractivity contribution in [3.8, 4) is 11.5 Å². The van der Waals surface area contributed by atoms with Gasteiger partial charge < -0.3 is 14.0 Å². The third kappa shape index (κ3) is 3.91. The number of rotatable bonds is 5. The maximum absolute atomic E-state index is 13.0. The van der Waals surface area contributed by atoms with Crippen molar-refractivity contribution in [1.29, 1.82) is 0 Å². The summed E-state index contributed by atoms with van der Waals surface area (Å²) in [6.45, 7) is 0.401. The molecular weight excluding hydrogens is 363 g/mol. The van der Waals surface area contributed by atoms with Gasteiger partial charge in [0.2, 0.25) is 0 Å². The Bertz CT molecular complexity index is 1040. The van der Waals surface area contributed by atoms with Gasteiger partial charge in [-0.05, 0) is 24.6 Å². The smallest absolute Gasteiger partial charge is 0.422 e. The van der Waals surface area contributed by atoms with Crippen molar-refractivity contribution < 1.29 is 22.6 Å². The summed E-state index contributed by atoms with van der Waals surface area (Å²) in [7, 11) is 3.14. The number of methoxy groups -OCH3 is 1. The van der Waals surface area contributed by atoms with Gasteiger partial charge in [0.05, 0.1) is 13.7 Å². The molecular formula is C18H18F3N3O3. The summed E-state index contributed by atoms with van der Waals surface area (Å²) in [5.74, 6) is 0.946. The molecule has 0 aliphatic carbocycles. The van der Waals surface area contributed by atoms with Crippen molar-refractivity contribution in [3.05, 3.63) is 52.2 Å². The van der Waals surface area contributed by atoms with Crippen LogP contribution in [0, 0.1) is 6.92 Å². The van der Waals surface area contributed by atoms with Gasteiger partial charge in [-0.2, -0.15) is 13.2 Å². The van der Waals surface area contributed by atoms with Gasteiger partial charge in [-0.1, -0.05) is 12.1 Å². The lowest BCUT2D eigenvalue weighted by Crippen LogP contribution is -2.25. The number of hydrogen-bond donors (Lipinski definition) is 0. The van der Waals surface area contributed by atoms with Crippen molar-refractivity contribution in [2.24, 2.45) is 7.05 Å². The zero-order chi connectivity index (χ0) is 19.8. The minimum absolute atomic E-state index is 0.0234. The van der Waals surface area contributed by atoms with E-state index in [0.717, 1.165) is 5.56 Å². The summed E-state index contributed by atoms with van der Waals surface area (Å²) in [6, 6.07) is 7.18. The maximum Gasteiger partial charge on any atom is 0.422 e. The van der Waals surface area contributed by atoms with E-state index in [0.29, 0.717) is 11.6 Å². The molecule has 0 radical (unpaired) electrons. The Morgan fingerprint density at radius 2 is 2.00 bits per heavy atom. The lowest BCUT2D eigenvalue weighted by molar-refractivity contribution is -0.153. The van der Waals surface area contributed by atoms with Crippen molar-refractivity contribution >= 4 is 11.0 Å². The number of fused-ring (bicyclic) bond motifs is 1. The molecule has 2 heterocycles. The maximum atomic E-state index is 13.0. The number of hydrogen-bond acceptors (Lipinski definition) is 4. The fourth-order valence-corrected chi connectivity index (χ4v) is 2.83. The Hall–Kier alpha value is -2.97. The van der Waals surface area contributed by atoms with Gasteiger partial charge in [-0.25, -0.2) is 4.98 Å². The Balaban J connectivity index is 2.07. The fraction of sp³-hybridized carbons (Fsp3) is 0.333. The van der Waals surface area contributed by atoms with Crippen LogP contribution in [-0.2, 0) is 13.6 Å². The predicted molar refractivity (Wildman–Crippen MR) is 93.4 cm³/mol. The second-order valence-corrected chi connectivity index (χ2v) is 6.11. The molecule has 144 valence electrons. The largest absolute Gasteiger partial charge is 0.497 e. The Morgan fingerprint density at radius 3 is 2.67 bits per heavy atom. The van der Waals surface area contributed by atoms with Gasteiger partial charge in [0.1, 0.15) is 17.0 Å². The standard InChI is InChI=1S/C18H18F3N3O3/c1-11-22-16-15(14(9-23(16)2)27-10-18(19,20)21)17(25)24(11)8-12-5-4-6-13(7-12)26-3/h4-7,9H,8,10H2,1-3H3. The minimum Gasteiger partial charge on any atom is -0.497 e. The summed E-state index contributed by atoms with van der Waals surface area (Å²) in [5, 5.41) is 0.0234. The Morgan fingerprint density at radius 1 is 1.26 bits per heavy atom. The molecule has 0 saturated carbocycles. The van der Waals surface area contributed by atoms with Crippen LogP contribution in [0.25, 0.3) is 11.0 Å². The number of aryl methyl sites for hydroxylation is 2. The van der Waals surface area contributed by atoms with Gasteiger partial charge >= 0.3 is 6.18 Å². The molecule has 0 saturated heterocycles. The van der Waals surface area contributed by atoms with Crippen LogP contribution in [0.4, 0.5) is 13.2 Å². The number of aromatic nitrogens is 3. The van der Waals surface area contributed by atoms with Crippen LogP contribution in [0.2, 0.25) is 0 Å². The molecule has 6 nitrogen and oxygen atoms in total. The lowest BCUT2D eigenvalue weighted by Gasteiger charge is -2.12. The molecule has 0 bridgehead atoms. The molecule has 0 unspecified atom stereocenters. The molecule has 0 amide bonds. The number of alkyl halides is 3. The van der Waals surface area contributed by atoms with Crippen molar-refractivity contribution in [2.45, 2.75) is 19.6 Å². The van der Waals surface area contributed by atoms with Crippen molar-refractivity contribution in [2.75, 3.05) is 13.7 Å². The Kier molecular flexibility index (Phi) is 4.86. The average Bonchev–Trinajstić information content (AvgIpc) is 2.92. The molecule has 0 fully saturated rings. The minimum atomic E-state index is -4.50. The SMILES string of the molecule is COc1cccc(Cn2c(C)nc3c(c(OCC(F)(F)F)cn3C)c2=O)c1. The first-order valence-corrected chi connectivity index (χ1v) is 8.08. The topological polar surface area (TPSA) is 58.3 Å². The summed E-state index contributed by atoms with van der Waals surface area (Å²) >= 11 is 0. The van der Waals surface area contributed by atoms with Crippen LogP contribution in [-0.4, -0.2) is 34.0 Å². The van der Waals surface area contributed by atoms with E-state index in [9.17, 15) is 18.0 Å². The van der Waals surface area contributed by atoms with Gasteiger partial charge in [0, 0.05) is 13.2 Å². The van der Waals surface area contributed by atoms with E-state index in [1.807, 2.05) is 6.07 Å². The highest BCUT2D eigenvalue weighted by molar-refractivity contribution is 5.82. The first kappa shape index (κ1) is 18.8. The normalized spacial score (nSPS) is 11.8. The third-order valence-electron chi connectivity index (χ3n) is 4.10. The van der Waals surface area contributed by atoms with E-state index < -0.39 is 18.3 Å². The number of benzene rings is 1. The fourth-order valence-electron chi connectivity index (χ4n) is 2.83. The number of ether oxygens (including phenoxy) is 2. The van der Waals surface area contributed by atoms with E-state index in [1.54, 1.807) is 39.3 Å². The van der Waals surface area contributed by atoms with Crippen LogP contribution >= 0.6 is 0 Å². The summed E-state index contributed by atoms with van der Waals surface area (Å²) < 4.78 is 50.4. The van der Waals surface area contributed by atoms with Gasteiger partial charge in [-0.3, -0.25) is 9.36 Å². The van der Waals surface area contributed by atoms with E-state index in [-0.39, 0.29) is 23.3 Å². The van der Waals surface area contributed by atoms with Gasteiger partial charge in [0.15, 0.2) is 18.0 Å². The van der Waals surface area contributed by atoms with Crippen LogP contribution in [0.5, 0.6) is 11.5 Å². The van der Waals surface area contributed by atoms with Crippen LogP contribution < -0.4 is 15.0 Å². The predicted octanol–water partition coefficient (Wildman–Crippen LogP) is 3.04. The monoisotopic (exact) mass is 381 g/mol. The molecule has 0 aliphatic rings. The highest BCUT2D eigenvalue weighted by Gasteiger charge is 2.29. The Labute approximate surface area is 152 Å². The number of nitrogens with zero attached hydrogens (tertiary/aromatic N) is 3. The van der Waals surface area contributed by atoms with E-state index in [1.165, 1.54) is 15.3 Å². The molecule has 1 aromatic carbocycles. The molecule has 2 aromatic heterocycles. The first-order chi connectivity index (χ1) is 12.7. The second kappa shape index (κ2) is 6.98. The highest BCUT2D eigenvalue weighted by atomic mass is 19.4. The molecule has 0 spiro atoms. The zero-order valence-corrected chi connectivity index (χ0v) is 15.0. The molecule has 3 rings (SSSR count). The van der Waals surface area contributed by atoms with Crippen LogP contribution in [0.3, 0.4) is 0 Å². The second-order valence-electron chi connectivity index (χ2n) is 6.11. The summed E-state index contributed by atoms with van der Waals surface area (Å²) in [5.41, 5.74) is 0.615. The van der Waals surface area contributed by atoms with E-state index in [2.05, 4.69) is 4.98 Å². The summed E-state index contributed by atoms with van der Waals surface area (Å²) in [4.78, 5) is 17.4. The quantitative estimate of drug-likeness (QED) is 0.682. The summed E-state index contributed by atoms with van der Waals surface area (Å²) in [6.07, 6.45) is -3.17. The molecule has 0 aliphatic heterocycles. The van der Waals surface area contributed by atoms with Crippen LogP contribution in [0.1, 0.15) is 11.4 Å². The molecule has 3 aromatic rings. The first-order valence-electron chi connectivity index (χ1n) is 8.08. The highest BCUT2D eigenvalue weighted by Crippen LogP contribution is 2.26. The lowest BCUT2D eigenvalue weighted by atomic mass is 10.2. The van der Waals surface area contributed by atoms with E-state index >= 15 is 0 Å². The average molecular weight is 381 g/mol. The van der Waals surface area contributed by atoms with Gasteiger partial charge in [-0.15, -0.1) is 0 Å². The zero-order valence-electron chi connectivity index (χ0n) is 15.0. The van der Waals surface area contributed by atoms with E-state index in [4.69, 9.17) is 9.47 Å². The third-order valence-corrected chi connectivity index (χ3v) is 4.10. The molecule has 27 heavy (non-hydrogen) atoms. The molecule has 0 N–H and O–H groups in total.